The molecule has 0 aromatic carbocycles. The third-order valence-corrected chi connectivity index (χ3v) is 8.69. The topological polar surface area (TPSA) is 111 Å². The summed E-state index contributed by atoms with van der Waals surface area (Å²) in [7, 11) is -4.58. The number of hydrogen-bond donors (Lipinski definition) is 0. The van der Waals surface area contributed by atoms with Gasteiger partial charge in [0.1, 0.15) is 0 Å². The van der Waals surface area contributed by atoms with Gasteiger partial charge in [0, 0.05) is 16.5 Å². The zero-order valence-electron chi connectivity index (χ0n) is 27.5. The molecular formula is C24H61NiO12P4+. The van der Waals surface area contributed by atoms with Gasteiger partial charge in [-0.25, -0.2) is 0 Å². The molecule has 0 unspecified atom stereocenters. The molecule has 0 heterocycles. The molecule has 0 aromatic heterocycles. The summed E-state index contributed by atoms with van der Waals surface area (Å²) in [5, 5.41) is 0. The van der Waals surface area contributed by atoms with Crippen molar-refractivity contribution in [3.05, 3.63) is 0 Å². The van der Waals surface area contributed by atoms with Gasteiger partial charge in [-0.2, -0.15) is 13.6 Å². The summed E-state index contributed by atoms with van der Waals surface area (Å²) in [6.45, 7) is 30.9. The maximum Gasteiger partial charge on any atom is 0.397 e. The van der Waals surface area contributed by atoms with Crippen LogP contribution in [0.4, 0.5) is 0 Å². The van der Waals surface area contributed by atoms with Crippen LogP contribution in [0.2, 0.25) is 0 Å². The monoisotopic (exact) mass is 723 g/mol. The van der Waals surface area contributed by atoms with Gasteiger partial charge in [0.15, 0.2) is 0 Å². The minimum atomic E-state index is -1.40. The van der Waals surface area contributed by atoms with Gasteiger partial charge in [0.25, 0.3) is 0 Å². The van der Waals surface area contributed by atoms with E-state index in [0.29, 0.717) is 79.3 Å². The van der Waals surface area contributed by atoms with E-state index in [1.54, 1.807) is 0 Å². The van der Waals surface area contributed by atoms with E-state index in [0.717, 1.165) is 0 Å². The molecule has 0 fully saturated rings. The van der Waals surface area contributed by atoms with E-state index in [1.807, 2.05) is 83.1 Å². The van der Waals surface area contributed by atoms with Gasteiger partial charge >= 0.3 is 34.4 Å². The second-order valence-electron chi connectivity index (χ2n) is 5.98. The van der Waals surface area contributed by atoms with Crippen molar-refractivity contribution in [3.8, 4) is 0 Å². The summed E-state index contributed by atoms with van der Waals surface area (Å²) < 4.78 is 61.8. The van der Waals surface area contributed by atoms with Crippen LogP contribution in [0, 0.1) is 0 Å². The van der Waals surface area contributed by atoms with Crippen LogP contribution in [0.1, 0.15) is 83.1 Å². The van der Waals surface area contributed by atoms with Gasteiger partial charge < -0.3 is 40.7 Å². The summed E-state index contributed by atoms with van der Waals surface area (Å²) in [5.74, 6) is 0. The van der Waals surface area contributed by atoms with E-state index in [9.17, 15) is 0 Å². The maximum atomic E-state index is 5.18. The SMILES string of the molecule is CCOP(OCC)OCC.CCOP(OCC)OCC.CCOP(OCC)OCC.CCO[PH+](OCC)OCC.[Ni]. The van der Waals surface area contributed by atoms with Crippen LogP contribution in [-0.2, 0) is 70.8 Å². The third kappa shape index (κ3) is 46.3. The molecule has 0 atom stereocenters. The van der Waals surface area contributed by atoms with E-state index in [4.69, 9.17) is 54.3 Å². The van der Waals surface area contributed by atoms with Crippen molar-refractivity contribution >= 4 is 34.4 Å². The Morgan fingerprint density at radius 3 is 0.537 bits per heavy atom. The molecule has 41 heavy (non-hydrogen) atoms. The van der Waals surface area contributed by atoms with Crippen LogP contribution >= 0.6 is 34.4 Å². The summed E-state index contributed by atoms with van der Waals surface area (Å²) in [4.78, 5) is 0. The van der Waals surface area contributed by atoms with Crippen molar-refractivity contribution < 1.29 is 70.8 Å². The van der Waals surface area contributed by atoms with E-state index >= 15 is 0 Å². The molecule has 0 amide bonds. The first kappa shape index (κ1) is 52.3. The molecule has 12 nitrogen and oxygen atoms in total. The van der Waals surface area contributed by atoms with Crippen LogP contribution < -0.4 is 0 Å². The summed E-state index contributed by atoms with van der Waals surface area (Å²) in [6, 6.07) is 0. The molecule has 0 saturated heterocycles. The Bertz CT molecular complexity index is 302. The van der Waals surface area contributed by atoms with Crippen molar-refractivity contribution in [1.82, 2.24) is 0 Å². The first-order valence-electron chi connectivity index (χ1n) is 14.2. The average Bonchev–Trinajstić information content (AvgIpc) is 2.92. The van der Waals surface area contributed by atoms with Crippen LogP contribution in [0.3, 0.4) is 0 Å². The van der Waals surface area contributed by atoms with E-state index in [1.165, 1.54) is 0 Å². The Kier molecular flexibility index (Phi) is 62.0. The number of rotatable bonds is 24. The first-order chi connectivity index (χ1) is 19.4. The van der Waals surface area contributed by atoms with Gasteiger partial charge in [-0.05, 0) is 83.1 Å². The van der Waals surface area contributed by atoms with Crippen molar-refractivity contribution in [3.63, 3.8) is 0 Å². The first-order valence-corrected chi connectivity index (χ1v) is 18.7. The quantitative estimate of drug-likeness (QED) is 0.0700. The Morgan fingerprint density at radius 1 is 0.293 bits per heavy atom. The summed E-state index contributed by atoms with van der Waals surface area (Å²) in [6.07, 6.45) is 0. The van der Waals surface area contributed by atoms with Crippen LogP contribution in [0.15, 0.2) is 0 Å². The van der Waals surface area contributed by atoms with Crippen molar-refractivity contribution in [2.24, 2.45) is 0 Å². The second kappa shape index (κ2) is 48.6. The van der Waals surface area contributed by atoms with Crippen LogP contribution in [0.5, 0.6) is 0 Å². The van der Waals surface area contributed by atoms with Gasteiger partial charge in [-0.1, -0.05) is 0 Å². The fraction of sp³-hybridized carbons (Fsp3) is 1.00. The standard InChI is InChI=1S/C6H16O3P.3C6H15O3P.Ni/c4*1-4-7-10(8-5-2)9-6-3;/h10H,4-6H2,1-3H3;3*4-6H2,1-3H3;/q+1;;;;. The maximum absolute atomic E-state index is 5.18. The largest absolute Gasteiger partial charge is 0.397 e. The van der Waals surface area contributed by atoms with Crippen molar-refractivity contribution in [1.29, 1.82) is 0 Å². The minimum absolute atomic E-state index is 0. The third-order valence-electron chi connectivity index (χ3n) is 2.90. The molecule has 0 rings (SSSR count). The predicted molar refractivity (Wildman–Crippen MR) is 169 cm³/mol. The van der Waals surface area contributed by atoms with E-state index in [2.05, 4.69) is 0 Å². The molecule has 17 heteroatoms. The number of hydrogen-bond acceptors (Lipinski definition) is 12. The van der Waals surface area contributed by atoms with E-state index in [-0.39, 0.29) is 16.5 Å². The molecule has 258 valence electrons. The molecular weight excluding hydrogens is 663 g/mol. The van der Waals surface area contributed by atoms with Gasteiger partial charge in [0.2, 0.25) is 0 Å². The zero-order valence-corrected chi connectivity index (χ0v) is 32.2. The minimum Gasteiger partial charge on any atom is -0.313 e. The summed E-state index contributed by atoms with van der Waals surface area (Å²) in [5.41, 5.74) is 0. The van der Waals surface area contributed by atoms with Gasteiger partial charge in [0.05, 0.1) is 79.3 Å². The molecule has 0 aliphatic carbocycles. The molecule has 0 aromatic rings. The fourth-order valence-corrected chi connectivity index (χ4v) is 5.29. The fourth-order valence-electron chi connectivity index (χ4n) is 1.76. The normalized spacial score (nSPS) is 10.5. The Balaban J connectivity index is -0.000000139. The Hall–Kier alpha value is 1.73. The molecule has 0 N–H and O–H groups in total. The van der Waals surface area contributed by atoms with Crippen LogP contribution in [0.25, 0.3) is 0 Å². The molecule has 0 spiro atoms. The molecule has 0 bridgehead atoms. The molecule has 0 saturated carbocycles. The zero-order chi connectivity index (χ0) is 31.3. The predicted octanol–water partition coefficient (Wildman–Crippen LogP) is 9.02. The van der Waals surface area contributed by atoms with E-state index < -0.39 is 34.4 Å². The molecule has 0 radical (unpaired) electrons. The van der Waals surface area contributed by atoms with Crippen molar-refractivity contribution in [2.75, 3.05) is 79.3 Å². The Morgan fingerprint density at radius 2 is 0.439 bits per heavy atom. The van der Waals surface area contributed by atoms with Gasteiger partial charge in [-0.15, -0.1) is 0 Å². The van der Waals surface area contributed by atoms with Gasteiger partial charge in [-0.3, -0.25) is 0 Å². The Labute approximate surface area is 267 Å². The average molecular weight is 724 g/mol. The van der Waals surface area contributed by atoms with Crippen molar-refractivity contribution in [2.45, 2.75) is 83.1 Å². The van der Waals surface area contributed by atoms with Crippen LogP contribution in [-0.4, -0.2) is 79.3 Å². The second-order valence-corrected chi connectivity index (χ2v) is 11.0. The smallest absolute Gasteiger partial charge is 0.313 e. The summed E-state index contributed by atoms with van der Waals surface area (Å²) >= 11 is 0. The molecule has 0 aliphatic rings. The molecule has 0 aliphatic heterocycles.